The Morgan fingerprint density at radius 2 is 1.81 bits per heavy atom. The van der Waals surface area contributed by atoms with Gasteiger partial charge in [0.1, 0.15) is 0 Å². The van der Waals surface area contributed by atoms with Gasteiger partial charge in [-0.05, 0) is 32.3 Å². The Kier molecular flexibility index (Phi) is 6.60. The zero-order chi connectivity index (χ0) is 22.7. The topological polar surface area (TPSA) is 77.1 Å². The average molecular weight is 437 g/mol. The summed E-state index contributed by atoms with van der Waals surface area (Å²) >= 11 is 0. The minimum absolute atomic E-state index is 0.257. The van der Waals surface area contributed by atoms with Gasteiger partial charge >= 0.3 is 5.69 Å². The van der Waals surface area contributed by atoms with Crippen LogP contribution in [-0.2, 0) is 26.6 Å². The van der Waals surface area contributed by atoms with Crippen molar-refractivity contribution in [3.63, 3.8) is 0 Å². The van der Waals surface area contributed by atoms with Gasteiger partial charge in [0.25, 0.3) is 5.56 Å². The second-order valence-corrected chi connectivity index (χ2v) is 8.60. The van der Waals surface area contributed by atoms with Crippen LogP contribution in [0.3, 0.4) is 0 Å². The van der Waals surface area contributed by atoms with Gasteiger partial charge < -0.3 is 14.8 Å². The summed E-state index contributed by atoms with van der Waals surface area (Å²) in [7, 11) is 1.71. The van der Waals surface area contributed by atoms with Crippen molar-refractivity contribution in [2.24, 2.45) is 7.05 Å². The van der Waals surface area contributed by atoms with Crippen LogP contribution in [0.4, 0.5) is 5.95 Å². The fraction of sp³-hybridized carbons (Fsp3) is 0.458. The van der Waals surface area contributed by atoms with E-state index in [1.165, 1.54) is 20.3 Å². The second kappa shape index (κ2) is 9.56. The number of aromatic nitrogens is 4. The van der Waals surface area contributed by atoms with Crippen molar-refractivity contribution in [2.75, 3.05) is 31.1 Å². The maximum Gasteiger partial charge on any atom is 0.332 e. The molecule has 32 heavy (non-hydrogen) atoms. The number of aryl methyl sites for hydroxylation is 2. The van der Waals surface area contributed by atoms with Gasteiger partial charge in [0.2, 0.25) is 5.95 Å². The van der Waals surface area contributed by atoms with E-state index in [2.05, 4.69) is 28.4 Å². The lowest BCUT2D eigenvalue weighted by Crippen LogP contribution is -2.44. The van der Waals surface area contributed by atoms with E-state index in [1.54, 1.807) is 7.05 Å². The van der Waals surface area contributed by atoms with Crippen LogP contribution in [0.25, 0.3) is 11.2 Å². The number of piperazine rings is 1. The summed E-state index contributed by atoms with van der Waals surface area (Å²) in [5.41, 5.74) is 2.76. The van der Waals surface area contributed by atoms with E-state index in [4.69, 9.17) is 4.98 Å². The highest BCUT2D eigenvalue weighted by Crippen LogP contribution is 2.20. The first-order valence-corrected chi connectivity index (χ1v) is 11.3. The van der Waals surface area contributed by atoms with Gasteiger partial charge in [-0.1, -0.05) is 42.0 Å². The molecule has 2 aromatic heterocycles. The summed E-state index contributed by atoms with van der Waals surface area (Å²) in [5.74, 6) is 0.758. The summed E-state index contributed by atoms with van der Waals surface area (Å²) in [6.45, 7) is 8.39. The number of hydrogen-bond acceptors (Lipinski definition) is 5. The quantitative estimate of drug-likeness (QED) is 0.573. The molecule has 1 N–H and O–H groups in total. The molecule has 1 aliphatic heterocycles. The molecule has 0 unspecified atom stereocenters. The van der Waals surface area contributed by atoms with Crippen LogP contribution in [0.1, 0.15) is 25.8 Å². The molecule has 0 spiro atoms. The van der Waals surface area contributed by atoms with E-state index in [0.717, 1.165) is 45.0 Å². The number of hydrogen-bond donors (Lipinski definition) is 1. The number of nitrogens with zero attached hydrogens (tertiary/aromatic N) is 5. The standard InChI is InChI=1S/C24H32N6O2/c1-18(2)11-15-29-20-21(26-23(29)28-16-12-25-13-17-28)27(3)24(32)30(22(20)31)14-7-10-19-8-5-4-6-9-19/h4-6,8-9,11,25H,7,10,12-17H2,1-3H3. The first kappa shape index (κ1) is 22.1. The zero-order valence-corrected chi connectivity index (χ0v) is 19.2. The van der Waals surface area contributed by atoms with Gasteiger partial charge in [0, 0.05) is 46.3 Å². The Bertz CT molecular complexity index is 1230. The summed E-state index contributed by atoms with van der Waals surface area (Å²) < 4.78 is 4.86. The van der Waals surface area contributed by atoms with Crippen molar-refractivity contribution in [1.29, 1.82) is 0 Å². The maximum atomic E-state index is 13.5. The third kappa shape index (κ3) is 4.41. The molecule has 3 aromatic rings. The Hall–Kier alpha value is -3.13. The molecule has 0 atom stereocenters. The lowest BCUT2D eigenvalue weighted by atomic mass is 10.1. The van der Waals surface area contributed by atoms with E-state index < -0.39 is 0 Å². The van der Waals surface area contributed by atoms with Crippen LogP contribution in [0.5, 0.6) is 0 Å². The number of fused-ring (bicyclic) bond motifs is 1. The van der Waals surface area contributed by atoms with E-state index in [0.29, 0.717) is 24.3 Å². The first-order chi connectivity index (χ1) is 15.5. The molecule has 1 saturated heterocycles. The number of imidazole rings is 1. The van der Waals surface area contributed by atoms with Crippen LogP contribution in [0.15, 0.2) is 51.6 Å². The monoisotopic (exact) mass is 436 g/mol. The predicted octanol–water partition coefficient (Wildman–Crippen LogP) is 1.91. The smallest absolute Gasteiger partial charge is 0.332 e. The molecule has 4 rings (SSSR count). The molecule has 0 bridgehead atoms. The Balaban J connectivity index is 1.77. The first-order valence-electron chi connectivity index (χ1n) is 11.3. The Labute approximate surface area is 187 Å². The van der Waals surface area contributed by atoms with Crippen LogP contribution in [0.2, 0.25) is 0 Å². The van der Waals surface area contributed by atoms with Crippen molar-refractivity contribution in [1.82, 2.24) is 24.0 Å². The highest BCUT2D eigenvalue weighted by atomic mass is 16.2. The molecule has 0 radical (unpaired) electrons. The molecule has 0 aliphatic carbocycles. The number of allylic oxidation sites excluding steroid dienone is 2. The highest BCUT2D eigenvalue weighted by Gasteiger charge is 2.23. The van der Waals surface area contributed by atoms with Crippen LogP contribution in [0, 0.1) is 0 Å². The van der Waals surface area contributed by atoms with E-state index in [-0.39, 0.29) is 11.2 Å². The van der Waals surface area contributed by atoms with E-state index in [9.17, 15) is 9.59 Å². The molecule has 3 heterocycles. The normalized spacial score (nSPS) is 14.2. The number of benzene rings is 1. The molecule has 1 aliphatic rings. The Morgan fingerprint density at radius 1 is 1.09 bits per heavy atom. The summed E-state index contributed by atoms with van der Waals surface area (Å²) in [6.07, 6.45) is 3.63. The van der Waals surface area contributed by atoms with Crippen molar-refractivity contribution < 1.29 is 0 Å². The minimum atomic E-state index is -0.311. The zero-order valence-electron chi connectivity index (χ0n) is 19.2. The fourth-order valence-electron chi connectivity index (χ4n) is 4.20. The van der Waals surface area contributed by atoms with Gasteiger partial charge in [0.15, 0.2) is 11.2 Å². The third-order valence-corrected chi connectivity index (χ3v) is 5.98. The van der Waals surface area contributed by atoms with Crippen LogP contribution >= 0.6 is 0 Å². The van der Waals surface area contributed by atoms with Crippen molar-refractivity contribution in [3.8, 4) is 0 Å². The van der Waals surface area contributed by atoms with Gasteiger partial charge in [0.05, 0.1) is 0 Å². The lowest BCUT2D eigenvalue weighted by Gasteiger charge is -2.28. The maximum absolute atomic E-state index is 13.5. The molecule has 0 amide bonds. The fourth-order valence-corrected chi connectivity index (χ4v) is 4.20. The second-order valence-electron chi connectivity index (χ2n) is 8.60. The molecule has 1 fully saturated rings. The Morgan fingerprint density at radius 3 is 2.50 bits per heavy atom. The van der Waals surface area contributed by atoms with Crippen molar-refractivity contribution >= 4 is 17.1 Å². The summed E-state index contributed by atoms with van der Waals surface area (Å²) in [6, 6.07) is 10.1. The minimum Gasteiger partial charge on any atom is -0.340 e. The highest BCUT2D eigenvalue weighted by molar-refractivity contribution is 5.74. The lowest BCUT2D eigenvalue weighted by molar-refractivity contribution is 0.568. The number of rotatable bonds is 7. The van der Waals surface area contributed by atoms with Gasteiger partial charge in [-0.3, -0.25) is 13.9 Å². The van der Waals surface area contributed by atoms with Gasteiger partial charge in [-0.25, -0.2) is 4.79 Å². The summed E-state index contributed by atoms with van der Waals surface area (Å²) in [4.78, 5) is 33.6. The van der Waals surface area contributed by atoms with Crippen molar-refractivity contribution in [2.45, 2.75) is 39.8 Å². The summed E-state index contributed by atoms with van der Waals surface area (Å²) in [5, 5.41) is 3.35. The van der Waals surface area contributed by atoms with Gasteiger partial charge in [-0.15, -0.1) is 0 Å². The molecular formula is C24H32N6O2. The van der Waals surface area contributed by atoms with Crippen molar-refractivity contribution in [3.05, 3.63) is 68.4 Å². The number of anilines is 1. The van der Waals surface area contributed by atoms with E-state index >= 15 is 0 Å². The predicted molar refractivity (Wildman–Crippen MR) is 129 cm³/mol. The molecule has 0 saturated carbocycles. The number of nitrogens with one attached hydrogen (secondary N) is 1. The molecule has 1 aromatic carbocycles. The molecular weight excluding hydrogens is 404 g/mol. The van der Waals surface area contributed by atoms with E-state index in [1.807, 2.05) is 36.6 Å². The molecule has 170 valence electrons. The van der Waals surface area contributed by atoms with Crippen LogP contribution in [-0.4, -0.2) is 44.9 Å². The largest absolute Gasteiger partial charge is 0.340 e. The SMILES string of the molecule is CC(C)=CCn1c(N2CCNCC2)nc2c1c(=O)n(CCCc1ccccc1)c(=O)n2C. The molecule has 8 nitrogen and oxygen atoms in total. The third-order valence-electron chi connectivity index (χ3n) is 5.98. The molecule has 8 heteroatoms. The average Bonchev–Trinajstić information content (AvgIpc) is 3.19. The van der Waals surface area contributed by atoms with Crippen LogP contribution < -0.4 is 21.5 Å². The van der Waals surface area contributed by atoms with Gasteiger partial charge in [-0.2, -0.15) is 4.98 Å².